The summed E-state index contributed by atoms with van der Waals surface area (Å²) in [4.78, 5) is 20.8. The lowest BCUT2D eigenvalue weighted by molar-refractivity contribution is -0.119. The number of hydrogen-bond acceptors (Lipinski definition) is 3. The maximum atomic E-state index is 10.5. The van der Waals surface area contributed by atoms with Gasteiger partial charge in [-0.05, 0) is 6.07 Å². The minimum Gasteiger partial charge on any atom is -0.483 e. The molecule has 0 heterocycles. The maximum Gasteiger partial charge on any atom is 0.255 e. The Morgan fingerprint density at radius 3 is 2.79 bits per heavy atom. The molecule has 0 fully saturated rings. The maximum absolute atomic E-state index is 10.5. The van der Waals surface area contributed by atoms with Crippen molar-refractivity contribution >= 4 is 12.2 Å². The summed E-state index contributed by atoms with van der Waals surface area (Å²) in [5, 5.41) is 0. The molecule has 1 rings (SSSR count). The van der Waals surface area contributed by atoms with Crippen molar-refractivity contribution in [2.75, 3.05) is 6.61 Å². The summed E-state index contributed by atoms with van der Waals surface area (Å²) in [7, 11) is 0. The summed E-state index contributed by atoms with van der Waals surface area (Å²) in [6, 6.07) is 7.03. The minimum atomic E-state index is -0.536. The number of rotatable bonds is 5. The van der Waals surface area contributed by atoms with Crippen molar-refractivity contribution in [1.29, 1.82) is 0 Å². The molecule has 4 nitrogen and oxygen atoms in total. The van der Waals surface area contributed by atoms with Gasteiger partial charge in [-0.1, -0.05) is 18.2 Å². The summed E-state index contributed by atoms with van der Waals surface area (Å²) in [6.45, 7) is -0.171. The Hall–Kier alpha value is -1.84. The summed E-state index contributed by atoms with van der Waals surface area (Å²) in [6.07, 6.45) is 1.06. The molecule has 0 aromatic heterocycles. The van der Waals surface area contributed by atoms with Crippen LogP contribution in [0.4, 0.5) is 0 Å². The monoisotopic (exact) mass is 193 g/mol. The summed E-state index contributed by atoms with van der Waals surface area (Å²) < 4.78 is 5.12. The first-order chi connectivity index (χ1) is 6.74. The predicted molar refractivity (Wildman–Crippen MR) is 50.9 cm³/mol. The second kappa shape index (κ2) is 5.01. The van der Waals surface area contributed by atoms with Gasteiger partial charge in [0.05, 0.1) is 0 Å². The highest BCUT2D eigenvalue weighted by atomic mass is 16.5. The molecule has 0 unspecified atom stereocenters. The first-order valence-electron chi connectivity index (χ1n) is 4.16. The smallest absolute Gasteiger partial charge is 0.255 e. The van der Waals surface area contributed by atoms with Crippen LogP contribution in [0.2, 0.25) is 0 Å². The zero-order valence-corrected chi connectivity index (χ0v) is 7.60. The van der Waals surface area contributed by atoms with E-state index in [1.807, 2.05) is 0 Å². The minimum absolute atomic E-state index is 0.171. The van der Waals surface area contributed by atoms with Crippen LogP contribution in [0.5, 0.6) is 5.75 Å². The van der Waals surface area contributed by atoms with Crippen LogP contribution in [0, 0.1) is 0 Å². The van der Waals surface area contributed by atoms with E-state index >= 15 is 0 Å². The van der Waals surface area contributed by atoms with Crippen LogP contribution < -0.4 is 10.5 Å². The van der Waals surface area contributed by atoms with Crippen molar-refractivity contribution in [2.45, 2.75) is 6.42 Å². The molecule has 0 aliphatic carbocycles. The lowest BCUT2D eigenvalue weighted by Gasteiger charge is -2.07. The van der Waals surface area contributed by atoms with E-state index in [0.29, 0.717) is 5.75 Å². The zero-order chi connectivity index (χ0) is 10.4. The second-order valence-electron chi connectivity index (χ2n) is 2.73. The number of para-hydroxylation sites is 1. The standard InChI is InChI=1S/C10H11NO3/c11-10(13)7-14-9-4-2-1-3-8(9)5-6-12/h1-4,6H,5,7H2,(H2,11,13). The van der Waals surface area contributed by atoms with E-state index in [2.05, 4.69) is 0 Å². The lowest BCUT2D eigenvalue weighted by Crippen LogP contribution is -2.20. The van der Waals surface area contributed by atoms with E-state index in [4.69, 9.17) is 10.5 Å². The van der Waals surface area contributed by atoms with E-state index in [9.17, 15) is 9.59 Å². The van der Waals surface area contributed by atoms with E-state index in [1.165, 1.54) is 0 Å². The van der Waals surface area contributed by atoms with Gasteiger partial charge in [0, 0.05) is 12.0 Å². The molecule has 1 aromatic carbocycles. The van der Waals surface area contributed by atoms with Crippen LogP contribution >= 0.6 is 0 Å². The van der Waals surface area contributed by atoms with Crippen molar-refractivity contribution in [1.82, 2.24) is 0 Å². The fourth-order valence-electron chi connectivity index (χ4n) is 1.05. The van der Waals surface area contributed by atoms with E-state index in [-0.39, 0.29) is 13.0 Å². The number of ether oxygens (including phenoxy) is 1. The summed E-state index contributed by atoms with van der Waals surface area (Å²) in [5.74, 6) is -0.00990. The number of benzene rings is 1. The molecule has 4 heteroatoms. The third-order valence-corrected chi connectivity index (χ3v) is 1.65. The Morgan fingerprint density at radius 1 is 1.43 bits per heavy atom. The molecule has 0 radical (unpaired) electrons. The van der Waals surface area contributed by atoms with Gasteiger partial charge in [-0.25, -0.2) is 0 Å². The highest BCUT2D eigenvalue weighted by Gasteiger charge is 2.03. The molecule has 0 saturated carbocycles. The van der Waals surface area contributed by atoms with Crippen molar-refractivity contribution in [3.05, 3.63) is 29.8 Å². The second-order valence-corrected chi connectivity index (χ2v) is 2.73. The quantitative estimate of drug-likeness (QED) is 0.683. The molecule has 0 aliphatic heterocycles. The number of primary amides is 1. The Kier molecular flexibility index (Phi) is 3.67. The van der Waals surface area contributed by atoms with Crippen molar-refractivity contribution < 1.29 is 14.3 Å². The average molecular weight is 193 g/mol. The highest BCUT2D eigenvalue weighted by Crippen LogP contribution is 2.17. The van der Waals surface area contributed by atoms with Crippen LogP contribution in [0.15, 0.2) is 24.3 Å². The number of hydrogen-bond donors (Lipinski definition) is 1. The Morgan fingerprint density at radius 2 is 2.14 bits per heavy atom. The third-order valence-electron chi connectivity index (χ3n) is 1.65. The fraction of sp³-hybridized carbons (Fsp3) is 0.200. The molecule has 2 N–H and O–H groups in total. The van der Waals surface area contributed by atoms with Crippen LogP contribution in [0.1, 0.15) is 5.56 Å². The number of carbonyl (C=O) groups excluding carboxylic acids is 2. The SMILES string of the molecule is NC(=O)COc1ccccc1CC=O. The lowest BCUT2D eigenvalue weighted by atomic mass is 10.1. The van der Waals surface area contributed by atoms with Crippen molar-refractivity contribution in [3.8, 4) is 5.75 Å². The molecule has 74 valence electrons. The summed E-state index contributed by atoms with van der Waals surface area (Å²) >= 11 is 0. The van der Waals surface area contributed by atoms with Crippen molar-refractivity contribution in [3.63, 3.8) is 0 Å². The fourth-order valence-corrected chi connectivity index (χ4v) is 1.05. The average Bonchev–Trinajstić information content (AvgIpc) is 2.17. The van der Waals surface area contributed by atoms with Gasteiger partial charge in [-0.3, -0.25) is 4.79 Å². The van der Waals surface area contributed by atoms with Gasteiger partial charge in [0.15, 0.2) is 6.61 Å². The number of aldehydes is 1. The van der Waals surface area contributed by atoms with Gasteiger partial charge in [-0.15, -0.1) is 0 Å². The Bertz CT molecular complexity index is 336. The van der Waals surface area contributed by atoms with Crippen molar-refractivity contribution in [2.24, 2.45) is 5.73 Å². The molecule has 0 bridgehead atoms. The molecular weight excluding hydrogens is 182 g/mol. The van der Waals surface area contributed by atoms with E-state index in [1.54, 1.807) is 24.3 Å². The largest absolute Gasteiger partial charge is 0.483 e. The molecule has 1 amide bonds. The first kappa shape index (κ1) is 10.2. The topological polar surface area (TPSA) is 69.4 Å². The van der Waals surface area contributed by atoms with E-state index < -0.39 is 5.91 Å². The highest BCUT2D eigenvalue weighted by molar-refractivity contribution is 5.75. The van der Waals surface area contributed by atoms with Crippen LogP contribution in [-0.2, 0) is 16.0 Å². The van der Waals surface area contributed by atoms with Crippen LogP contribution in [-0.4, -0.2) is 18.8 Å². The zero-order valence-electron chi connectivity index (χ0n) is 7.60. The number of amides is 1. The molecule has 1 aromatic rings. The summed E-state index contributed by atoms with van der Waals surface area (Å²) in [5.41, 5.74) is 5.68. The third kappa shape index (κ3) is 2.90. The molecule has 0 spiro atoms. The molecule has 14 heavy (non-hydrogen) atoms. The number of carbonyl (C=O) groups is 2. The first-order valence-corrected chi connectivity index (χ1v) is 4.16. The van der Waals surface area contributed by atoms with Gasteiger partial charge in [0.2, 0.25) is 0 Å². The molecule has 0 atom stereocenters. The van der Waals surface area contributed by atoms with Gasteiger partial charge in [0.25, 0.3) is 5.91 Å². The molecule has 0 aliphatic rings. The van der Waals surface area contributed by atoms with Gasteiger partial charge in [-0.2, -0.15) is 0 Å². The predicted octanol–water partition coefficient (Wildman–Crippen LogP) is 0.292. The van der Waals surface area contributed by atoms with Gasteiger partial charge < -0.3 is 15.3 Å². The van der Waals surface area contributed by atoms with Gasteiger partial charge in [0.1, 0.15) is 12.0 Å². The Labute approximate surface area is 81.7 Å². The Balaban J connectivity index is 2.73. The van der Waals surface area contributed by atoms with Crippen LogP contribution in [0.25, 0.3) is 0 Å². The molecular formula is C10H11NO3. The van der Waals surface area contributed by atoms with Crippen LogP contribution in [0.3, 0.4) is 0 Å². The van der Waals surface area contributed by atoms with Gasteiger partial charge >= 0.3 is 0 Å². The normalized spacial score (nSPS) is 9.43. The molecule has 0 saturated heterocycles. The van der Waals surface area contributed by atoms with E-state index in [0.717, 1.165) is 11.8 Å². The number of nitrogens with two attached hydrogens (primary N) is 1.